The molecule has 2 heterocycles. The van der Waals surface area contributed by atoms with Gasteiger partial charge in [-0.05, 0) is 59.2 Å². The van der Waals surface area contributed by atoms with Crippen molar-refractivity contribution >= 4 is 28.7 Å². The van der Waals surface area contributed by atoms with Gasteiger partial charge in [-0.25, -0.2) is 4.98 Å². The molecule has 180 valence electrons. The Balaban J connectivity index is 1.38. The minimum atomic E-state index is -0.485. The van der Waals surface area contributed by atoms with Crippen LogP contribution in [0.1, 0.15) is 15.9 Å². The monoisotopic (exact) mass is 482 g/mol. The van der Waals surface area contributed by atoms with Crippen LogP contribution in [0.3, 0.4) is 0 Å². The minimum absolute atomic E-state index is 0.108. The van der Waals surface area contributed by atoms with Crippen molar-refractivity contribution in [1.29, 1.82) is 0 Å². The summed E-state index contributed by atoms with van der Waals surface area (Å²) in [6, 6.07) is 21.4. The number of anilines is 3. The fourth-order valence-electron chi connectivity index (χ4n) is 4.03. The third kappa shape index (κ3) is 4.67. The molecule has 0 atom stereocenters. The molecule has 0 spiro atoms. The molecule has 5 rings (SSSR count). The summed E-state index contributed by atoms with van der Waals surface area (Å²) >= 11 is 0. The lowest BCUT2D eigenvalue weighted by molar-refractivity contribution is -0.385. The number of carbonyl (C=O) groups is 1. The lowest BCUT2D eigenvalue weighted by Gasteiger charge is -2.12. The number of benzene rings is 3. The van der Waals surface area contributed by atoms with E-state index in [2.05, 4.69) is 15.6 Å². The van der Waals surface area contributed by atoms with Crippen LogP contribution in [-0.4, -0.2) is 29.5 Å². The molecular weight excluding hydrogens is 460 g/mol. The second kappa shape index (κ2) is 9.75. The van der Waals surface area contributed by atoms with Gasteiger partial charge in [-0.2, -0.15) is 0 Å². The van der Waals surface area contributed by atoms with Gasteiger partial charge in [-0.1, -0.05) is 18.2 Å². The van der Waals surface area contributed by atoms with Crippen molar-refractivity contribution in [2.75, 3.05) is 24.4 Å². The highest BCUT2D eigenvalue weighted by atomic mass is 16.6. The van der Waals surface area contributed by atoms with E-state index in [1.54, 1.807) is 36.5 Å². The van der Waals surface area contributed by atoms with Gasteiger partial charge < -0.3 is 20.1 Å². The Morgan fingerprint density at radius 2 is 1.75 bits per heavy atom. The Labute approximate surface area is 206 Å². The average Bonchev–Trinajstić information content (AvgIpc) is 3.03. The number of nitrogens with one attached hydrogen (secondary N) is 2. The van der Waals surface area contributed by atoms with E-state index in [9.17, 15) is 14.9 Å². The van der Waals surface area contributed by atoms with Gasteiger partial charge in [0.05, 0.1) is 41.3 Å². The van der Waals surface area contributed by atoms with Gasteiger partial charge in [0.2, 0.25) is 5.88 Å². The van der Waals surface area contributed by atoms with Gasteiger partial charge >= 0.3 is 5.69 Å². The maximum absolute atomic E-state index is 13.0. The summed E-state index contributed by atoms with van der Waals surface area (Å²) in [6.07, 6.45) is 2.33. The van der Waals surface area contributed by atoms with Gasteiger partial charge in [0.25, 0.3) is 5.91 Å². The van der Waals surface area contributed by atoms with E-state index in [-0.39, 0.29) is 17.3 Å². The van der Waals surface area contributed by atoms with Crippen molar-refractivity contribution in [1.82, 2.24) is 4.98 Å². The van der Waals surface area contributed by atoms with Crippen molar-refractivity contribution < 1.29 is 19.2 Å². The smallest absolute Gasteiger partial charge is 0.310 e. The number of nitrogens with zero attached hydrogens (tertiary/aromatic N) is 2. The number of nitro benzene ring substituents is 1. The number of hydrogen-bond donors (Lipinski definition) is 2. The second-order valence-electron chi connectivity index (χ2n) is 8.13. The molecule has 0 saturated carbocycles. The highest BCUT2D eigenvalue weighted by molar-refractivity contribution is 6.12. The van der Waals surface area contributed by atoms with E-state index in [1.165, 1.54) is 13.2 Å². The van der Waals surface area contributed by atoms with E-state index in [0.29, 0.717) is 35.8 Å². The molecule has 0 aliphatic carbocycles. The van der Waals surface area contributed by atoms with Crippen LogP contribution in [-0.2, 0) is 6.42 Å². The van der Waals surface area contributed by atoms with Crippen LogP contribution in [0, 0.1) is 10.1 Å². The Morgan fingerprint density at radius 3 is 2.53 bits per heavy atom. The maximum atomic E-state index is 13.0. The first-order valence-corrected chi connectivity index (χ1v) is 11.2. The molecule has 2 N–H and O–H groups in total. The number of hydrogen-bond acceptors (Lipinski definition) is 7. The molecule has 0 radical (unpaired) electrons. The summed E-state index contributed by atoms with van der Waals surface area (Å²) in [4.78, 5) is 27.9. The molecule has 0 saturated heterocycles. The average molecular weight is 482 g/mol. The van der Waals surface area contributed by atoms with Crippen molar-refractivity contribution in [3.8, 4) is 22.8 Å². The molecule has 1 amide bonds. The first-order chi connectivity index (χ1) is 17.5. The van der Waals surface area contributed by atoms with Gasteiger partial charge in [0.1, 0.15) is 0 Å². The zero-order chi connectivity index (χ0) is 25.1. The number of rotatable bonds is 7. The van der Waals surface area contributed by atoms with Crippen molar-refractivity contribution in [2.45, 2.75) is 6.42 Å². The molecule has 1 aliphatic rings. The Bertz CT molecular complexity index is 1460. The molecule has 9 nitrogen and oxygen atoms in total. The van der Waals surface area contributed by atoms with Crippen LogP contribution in [0.25, 0.3) is 11.1 Å². The molecule has 9 heteroatoms. The van der Waals surface area contributed by atoms with Crippen LogP contribution in [0.15, 0.2) is 79.0 Å². The van der Waals surface area contributed by atoms with E-state index >= 15 is 0 Å². The van der Waals surface area contributed by atoms with Crippen LogP contribution < -0.4 is 20.1 Å². The van der Waals surface area contributed by atoms with Gasteiger partial charge in [0, 0.05) is 24.8 Å². The quantitative estimate of drug-likeness (QED) is 0.260. The number of aromatic nitrogens is 1. The van der Waals surface area contributed by atoms with Crippen LogP contribution >= 0.6 is 0 Å². The molecule has 1 aromatic heterocycles. The summed E-state index contributed by atoms with van der Waals surface area (Å²) in [5.74, 6) is 0.508. The van der Waals surface area contributed by atoms with E-state index in [0.717, 1.165) is 22.4 Å². The first kappa shape index (κ1) is 22.9. The van der Waals surface area contributed by atoms with E-state index in [1.807, 2.05) is 36.4 Å². The lowest BCUT2D eigenvalue weighted by atomic mass is 10.0. The largest absolute Gasteiger partial charge is 0.490 e. The van der Waals surface area contributed by atoms with Crippen LogP contribution in [0.4, 0.5) is 22.7 Å². The lowest BCUT2D eigenvalue weighted by Crippen LogP contribution is -2.11. The highest BCUT2D eigenvalue weighted by Gasteiger charge is 2.21. The van der Waals surface area contributed by atoms with Crippen LogP contribution in [0.2, 0.25) is 0 Å². The Morgan fingerprint density at radius 1 is 0.917 bits per heavy atom. The van der Waals surface area contributed by atoms with Gasteiger partial charge in [-0.3, -0.25) is 14.9 Å². The van der Waals surface area contributed by atoms with Gasteiger partial charge in [-0.15, -0.1) is 0 Å². The molecule has 3 aromatic carbocycles. The second-order valence-corrected chi connectivity index (χ2v) is 8.13. The molecular formula is C27H22N4O5. The number of carbonyl (C=O) groups excluding carboxylic acids is 1. The fourth-order valence-corrected chi connectivity index (χ4v) is 4.03. The zero-order valence-corrected chi connectivity index (χ0v) is 19.4. The number of ether oxygens (including phenoxy) is 2. The summed E-state index contributed by atoms with van der Waals surface area (Å²) < 4.78 is 10.9. The SMILES string of the molecule is COc1cc(-c2ccc3c(c2)Nc2ccc(CCOc4ccccn4)cc2NC3=O)ccc1[N+](=O)[O-]. The number of nitro groups is 1. The predicted molar refractivity (Wildman–Crippen MR) is 136 cm³/mol. The summed E-state index contributed by atoms with van der Waals surface area (Å²) in [7, 11) is 1.39. The molecule has 0 fully saturated rings. The fraction of sp³-hybridized carbons (Fsp3) is 0.111. The number of fused-ring (bicyclic) bond motifs is 2. The van der Waals surface area contributed by atoms with Crippen molar-refractivity contribution in [3.05, 3.63) is 100 Å². The Kier molecular flexibility index (Phi) is 6.19. The summed E-state index contributed by atoms with van der Waals surface area (Å²) in [5, 5.41) is 17.5. The topological polar surface area (TPSA) is 116 Å². The van der Waals surface area contributed by atoms with E-state index in [4.69, 9.17) is 9.47 Å². The molecule has 1 aliphatic heterocycles. The van der Waals surface area contributed by atoms with Crippen molar-refractivity contribution in [2.24, 2.45) is 0 Å². The summed E-state index contributed by atoms with van der Waals surface area (Å²) in [6.45, 7) is 0.458. The third-order valence-electron chi connectivity index (χ3n) is 5.85. The van der Waals surface area contributed by atoms with Crippen molar-refractivity contribution in [3.63, 3.8) is 0 Å². The zero-order valence-electron chi connectivity index (χ0n) is 19.4. The van der Waals surface area contributed by atoms with Gasteiger partial charge in [0.15, 0.2) is 5.75 Å². The molecule has 4 aromatic rings. The first-order valence-electron chi connectivity index (χ1n) is 11.2. The minimum Gasteiger partial charge on any atom is -0.490 e. The molecule has 36 heavy (non-hydrogen) atoms. The van der Waals surface area contributed by atoms with Crippen LogP contribution in [0.5, 0.6) is 11.6 Å². The standard InChI is InChI=1S/C27H22N4O5/c1-35-25-16-19(7-10-24(25)31(33)34)18-6-8-20-22(15-18)29-21-9-5-17(14-23(21)30-27(20)32)11-13-36-26-4-2-3-12-28-26/h2-10,12,14-16,29H,11,13H2,1H3,(H,30,32). The number of amides is 1. The predicted octanol–water partition coefficient (Wildman–Crippen LogP) is 5.60. The maximum Gasteiger partial charge on any atom is 0.310 e. The third-order valence-corrected chi connectivity index (χ3v) is 5.85. The molecule has 0 unspecified atom stereocenters. The van der Waals surface area contributed by atoms with E-state index < -0.39 is 4.92 Å². The summed E-state index contributed by atoms with van der Waals surface area (Å²) in [5.41, 5.74) is 4.97. The molecule has 0 bridgehead atoms. The Hall–Kier alpha value is -4.92. The highest BCUT2D eigenvalue weighted by Crippen LogP contribution is 2.37. The normalized spacial score (nSPS) is 11.9. The number of pyridine rings is 1. The number of methoxy groups -OCH3 is 1.